The Hall–Kier alpha value is -3.14. The maximum Gasteiger partial charge on any atom is 0.269 e. The van der Waals surface area contributed by atoms with Crippen LogP contribution in [-0.4, -0.2) is 60.1 Å². The Labute approximate surface area is 196 Å². The fraction of sp³-hybridized carbons (Fsp3) is 0.333. The van der Waals surface area contributed by atoms with Crippen molar-refractivity contribution >= 4 is 44.4 Å². The highest BCUT2D eigenvalue weighted by Gasteiger charge is 2.21. The van der Waals surface area contributed by atoms with Crippen LogP contribution in [0, 0.1) is 24.0 Å². The molecule has 1 fully saturated rings. The number of non-ortho nitro benzene ring substituents is 1. The number of nitro groups is 1. The van der Waals surface area contributed by atoms with Crippen molar-refractivity contribution < 1.29 is 14.5 Å². The largest absolute Gasteiger partial charge is 0.379 e. The minimum Gasteiger partial charge on any atom is -0.379 e. The lowest BCUT2D eigenvalue weighted by atomic mass is 10.1. The Morgan fingerprint density at radius 1 is 1.18 bits per heavy atom. The van der Waals surface area contributed by atoms with Crippen LogP contribution in [0.4, 0.5) is 10.8 Å². The minimum atomic E-state index is -0.441. The zero-order chi connectivity index (χ0) is 23.4. The van der Waals surface area contributed by atoms with Crippen LogP contribution in [0.25, 0.3) is 16.3 Å². The fourth-order valence-corrected chi connectivity index (χ4v) is 4.84. The van der Waals surface area contributed by atoms with Crippen LogP contribution >= 0.6 is 11.3 Å². The number of amides is 1. The summed E-state index contributed by atoms with van der Waals surface area (Å²) in [5.41, 5.74) is 3.89. The van der Waals surface area contributed by atoms with Crippen molar-refractivity contribution in [2.45, 2.75) is 13.8 Å². The molecular formula is C24H26N4O4S. The highest BCUT2D eigenvalue weighted by molar-refractivity contribution is 7.22. The standard InChI is InChI=1S/C24H26N4O4S/c1-17-3-4-18(2)23-22(17)25-24(33-23)27(12-11-26-13-15-32-16-14-26)21(29)10-7-19-5-8-20(9-6-19)28(30)31/h3-10H,11-16H2,1-2H3/b10-7+. The van der Waals surface area contributed by atoms with Gasteiger partial charge in [-0.15, -0.1) is 0 Å². The first-order chi connectivity index (χ1) is 15.9. The molecule has 2 aromatic carbocycles. The molecule has 0 atom stereocenters. The Kier molecular flexibility index (Phi) is 7.12. The van der Waals surface area contributed by atoms with Gasteiger partial charge in [0, 0.05) is 44.4 Å². The average Bonchev–Trinajstić information content (AvgIpc) is 3.28. The van der Waals surface area contributed by atoms with Gasteiger partial charge in [-0.05, 0) is 48.7 Å². The molecule has 2 heterocycles. The van der Waals surface area contributed by atoms with Crippen LogP contribution in [-0.2, 0) is 9.53 Å². The summed E-state index contributed by atoms with van der Waals surface area (Å²) in [6.07, 6.45) is 3.18. The summed E-state index contributed by atoms with van der Waals surface area (Å²) in [5, 5.41) is 11.5. The summed E-state index contributed by atoms with van der Waals surface area (Å²) in [5.74, 6) is -0.170. The van der Waals surface area contributed by atoms with Gasteiger partial charge in [0.05, 0.1) is 28.4 Å². The molecule has 4 rings (SSSR count). The van der Waals surface area contributed by atoms with Crippen LogP contribution in [0.2, 0.25) is 0 Å². The molecule has 0 radical (unpaired) electrons. The molecule has 172 valence electrons. The molecule has 0 unspecified atom stereocenters. The predicted molar refractivity (Wildman–Crippen MR) is 131 cm³/mol. The Morgan fingerprint density at radius 3 is 2.55 bits per heavy atom. The highest BCUT2D eigenvalue weighted by atomic mass is 32.1. The summed E-state index contributed by atoms with van der Waals surface area (Å²) < 4.78 is 6.52. The van der Waals surface area contributed by atoms with E-state index in [1.54, 1.807) is 23.1 Å². The summed E-state index contributed by atoms with van der Waals surface area (Å²) in [4.78, 5) is 32.5. The SMILES string of the molecule is Cc1ccc(C)c2sc(N(CCN3CCOCC3)C(=O)/C=C/c3ccc([N+](=O)[O-])cc3)nc12. The van der Waals surface area contributed by atoms with Gasteiger partial charge in [-0.2, -0.15) is 0 Å². The average molecular weight is 467 g/mol. The number of thiazole rings is 1. The third-order valence-corrected chi connectivity index (χ3v) is 6.91. The number of aromatic nitrogens is 1. The van der Waals surface area contributed by atoms with Crippen molar-refractivity contribution in [3.8, 4) is 0 Å². The molecule has 1 amide bonds. The molecule has 1 saturated heterocycles. The van der Waals surface area contributed by atoms with Crippen molar-refractivity contribution in [2.75, 3.05) is 44.3 Å². The number of hydrogen-bond acceptors (Lipinski definition) is 7. The van der Waals surface area contributed by atoms with E-state index in [0.29, 0.717) is 24.9 Å². The molecule has 0 bridgehead atoms. The van der Waals surface area contributed by atoms with Gasteiger partial charge >= 0.3 is 0 Å². The fourth-order valence-electron chi connectivity index (χ4n) is 3.69. The predicted octanol–water partition coefficient (Wildman–Crippen LogP) is 4.20. The number of anilines is 1. The zero-order valence-corrected chi connectivity index (χ0v) is 19.5. The van der Waals surface area contributed by atoms with Gasteiger partial charge in [0.2, 0.25) is 0 Å². The molecule has 0 saturated carbocycles. The van der Waals surface area contributed by atoms with Crippen molar-refractivity contribution in [1.29, 1.82) is 0 Å². The van der Waals surface area contributed by atoms with E-state index < -0.39 is 4.92 Å². The van der Waals surface area contributed by atoms with Crippen LogP contribution in [0.1, 0.15) is 16.7 Å². The van der Waals surface area contributed by atoms with Gasteiger partial charge in [-0.3, -0.25) is 24.7 Å². The van der Waals surface area contributed by atoms with Crippen LogP contribution < -0.4 is 4.90 Å². The molecule has 9 heteroatoms. The van der Waals surface area contributed by atoms with Crippen molar-refractivity contribution in [3.05, 3.63) is 69.3 Å². The quantitative estimate of drug-likeness (QED) is 0.295. The van der Waals surface area contributed by atoms with Crippen molar-refractivity contribution in [3.63, 3.8) is 0 Å². The lowest BCUT2D eigenvalue weighted by Gasteiger charge is -2.28. The molecule has 1 aromatic heterocycles. The van der Waals surface area contributed by atoms with Gasteiger partial charge in [-0.1, -0.05) is 23.5 Å². The van der Waals surface area contributed by atoms with Gasteiger partial charge in [0.25, 0.3) is 11.6 Å². The lowest BCUT2D eigenvalue weighted by molar-refractivity contribution is -0.384. The lowest BCUT2D eigenvalue weighted by Crippen LogP contribution is -2.42. The third-order valence-electron chi connectivity index (χ3n) is 5.69. The Bertz CT molecular complexity index is 1140. The topological polar surface area (TPSA) is 88.8 Å². The second-order valence-electron chi connectivity index (χ2n) is 8.00. The second kappa shape index (κ2) is 10.2. The maximum atomic E-state index is 13.3. The van der Waals surface area contributed by atoms with Gasteiger partial charge in [0.1, 0.15) is 0 Å². The first-order valence-electron chi connectivity index (χ1n) is 10.8. The first-order valence-corrected chi connectivity index (χ1v) is 11.6. The van der Waals surface area contributed by atoms with Gasteiger partial charge in [0.15, 0.2) is 5.13 Å². The molecule has 33 heavy (non-hydrogen) atoms. The molecule has 0 N–H and O–H groups in total. The number of carbonyl (C=O) groups excluding carboxylic acids is 1. The highest BCUT2D eigenvalue weighted by Crippen LogP contribution is 2.33. The number of fused-ring (bicyclic) bond motifs is 1. The van der Waals surface area contributed by atoms with E-state index in [4.69, 9.17) is 9.72 Å². The van der Waals surface area contributed by atoms with Crippen LogP contribution in [0.5, 0.6) is 0 Å². The van der Waals surface area contributed by atoms with E-state index in [0.717, 1.165) is 46.5 Å². The molecule has 0 aliphatic carbocycles. The summed E-state index contributed by atoms with van der Waals surface area (Å²) in [6, 6.07) is 10.2. The van der Waals surface area contributed by atoms with E-state index in [9.17, 15) is 14.9 Å². The van der Waals surface area contributed by atoms with E-state index in [1.165, 1.54) is 29.5 Å². The molecular weight excluding hydrogens is 440 g/mol. The molecule has 3 aromatic rings. The van der Waals surface area contributed by atoms with Crippen molar-refractivity contribution in [1.82, 2.24) is 9.88 Å². The number of benzene rings is 2. The molecule has 1 aliphatic heterocycles. The number of hydrogen-bond donors (Lipinski definition) is 0. The van der Waals surface area contributed by atoms with Crippen molar-refractivity contribution in [2.24, 2.45) is 0 Å². The van der Waals surface area contributed by atoms with Crippen LogP contribution in [0.3, 0.4) is 0 Å². The first kappa shape index (κ1) is 23.0. The maximum absolute atomic E-state index is 13.3. The number of morpholine rings is 1. The smallest absolute Gasteiger partial charge is 0.269 e. The molecule has 1 aliphatic rings. The van der Waals surface area contributed by atoms with Crippen LogP contribution in [0.15, 0.2) is 42.5 Å². The van der Waals surface area contributed by atoms with Gasteiger partial charge < -0.3 is 4.74 Å². The van der Waals surface area contributed by atoms with E-state index in [1.807, 2.05) is 6.92 Å². The number of nitro benzene ring substituents is 1. The molecule has 0 spiro atoms. The Balaban J connectivity index is 1.58. The normalized spacial score (nSPS) is 14.7. The third kappa shape index (κ3) is 5.44. The van der Waals surface area contributed by atoms with E-state index >= 15 is 0 Å². The number of ether oxygens (including phenoxy) is 1. The molecule has 8 nitrogen and oxygen atoms in total. The minimum absolute atomic E-state index is 0.0193. The number of aryl methyl sites for hydroxylation is 2. The number of nitrogens with zero attached hydrogens (tertiary/aromatic N) is 4. The number of carbonyl (C=O) groups is 1. The summed E-state index contributed by atoms with van der Waals surface area (Å²) >= 11 is 1.53. The number of rotatable bonds is 7. The summed E-state index contributed by atoms with van der Waals surface area (Å²) in [7, 11) is 0. The van der Waals surface area contributed by atoms with Gasteiger partial charge in [-0.25, -0.2) is 4.98 Å². The van der Waals surface area contributed by atoms with E-state index in [-0.39, 0.29) is 11.6 Å². The second-order valence-corrected chi connectivity index (χ2v) is 8.98. The monoisotopic (exact) mass is 466 g/mol. The zero-order valence-electron chi connectivity index (χ0n) is 18.7. The summed E-state index contributed by atoms with van der Waals surface area (Å²) in [6.45, 7) is 8.42. The Morgan fingerprint density at radius 2 is 1.88 bits per heavy atom. The van der Waals surface area contributed by atoms with E-state index in [2.05, 4.69) is 24.0 Å².